The van der Waals surface area contributed by atoms with Crippen LogP contribution in [-0.2, 0) is 17.2 Å². The van der Waals surface area contributed by atoms with E-state index in [1.54, 1.807) is 0 Å². The first-order valence-electron chi connectivity index (χ1n) is 19.0. The molecular weight excluding hydrogens is 704 g/mol. The molecule has 8 aromatic rings. The highest BCUT2D eigenvalue weighted by molar-refractivity contribution is 8.25. The lowest BCUT2D eigenvalue weighted by Gasteiger charge is -2.46. The quantitative estimate of drug-likeness (QED) is 0.167. The molecule has 1 unspecified atom stereocenters. The molecule has 0 saturated carbocycles. The fourth-order valence-corrected chi connectivity index (χ4v) is 14.0. The first-order chi connectivity index (χ1) is 27.0. The Balaban J connectivity index is 1.22. The Kier molecular flexibility index (Phi) is 7.08. The van der Waals surface area contributed by atoms with Crippen molar-refractivity contribution in [2.24, 2.45) is 0 Å². The Morgan fingerprint density at radius 1 is 0.400 bits per heavy atom. The van der Waals surface area contributed by atoms with E-state index in [1.807, 2.05) is 0 Å². The van der Waals surface area contributed by atoms with Gasteiger partial charge in [-0.25, -0.2) is 0 Å². The number of hydrogen-bond donors (Lipinski definition) is 0. The van der Waals surface area contributed by atoms with Crippen molar-refractivity contribution in [1.29, 1.82) is 0 Å². The minimum atomic E-state index is -2.43. The second kappa shape index (κ2) is 12.0. The Morgan fingerprint density at radius 3 is 1.55 bits per heavy atom. The molecular formula is C51H37N2PS. The Bertz CT molecular complexity index is 2800. The van der Waals surface area contributed by atoms with Gasteiger partial charge in [0.15, 0.2) is 0 Å². The molecule has 0 aromatic heterocycles. The molecule has 11 rings (SSSR count). The van der Waals surface area contributed by atoms with Gasteiger partial charge in [0.2, 0.25) is 0 Å². The minimum absolute atomic E-state index is 0.468. The van der Waals surface area contributed by atoms with Crippen LogP contribution in [0.2, 0.25) is 0 Å². The van der Waals surface area contributed by atoms with E-state index in [0.29, 0.717) is 0 Å². The summed E-state index contributed by atoms with van der Waals surface area (Å²) in [6.45, 7) is 4.45. The normalized spacial score (nSPS) is 16.8. The molecule has 2 nitrogen and oxygen atoms in total. The second-order valence-electron chi connectivity index (χ2n) is 15.0. The molecule has 0 fully saturated rings. The molecule has 3 aliphatic rings. The highest BCUT2D eigenvalue weighted by atomic mass is 32.4. The van der Waals surface area contributed by atoms with E-state index in [-0.39, 0.29) is 0 Å². The Labute approximate surface area is 328 Å². The summed E-state index contributed by atoms with van der Waals surface area (Å²) >= 11 is 7.00. The van der Waals surface area contributed by atoms with E-state index in [1.165, 1.54) is 71.8 Å². The molecule has 0 N–H and O–H groups in total. The van der Waals surface area contributed by atoms with Crippen molar-refractivity contribution >= 4 is 67.9 Å². The van der Waals surface area contributed by atoms with Crippen molar-refractivity contribution in [3.8, 4) is 11.1 Å². The van der Waals surface area contributed by atoms with Gasteiger partial charge in [-0.15, -0.1) is 0 Å². The minimum Gasteiger partial charge on any atom is -0.310 e. The zero-order valence-corrected chi connectivity index (χ0v) is 32.4. The average molecular weight is 741 g/mol. The van der Waals surface area contributed by atoms with Gasteiger partial charge in [-0.2, -0.15) is 0 Å². The van der Waals surface area contributed by atoms with Crippen LogP contribution in [0.25, 0.3) is 11.1 Å². The number of benzene rings is 8. The molecule has 4 heteroatoms. The van der Waals surface area contributed by atoms with Gasteiger partial charge < -0.3 is 9.80 Å². The molecule has 1 aliphatic carbocycles. The molecule has 0 bridgehead atoms. The first-order valence-corrected chi connectivity index (χ1v) is 21.8. The Hall–Kier alpha value is -5.99. The standard InChI is InChI=1S/C51H37N2PS/c1-34-25-28-45-43(31-34)51(41-21-11-9-19-39(41)40-20-10-12-22-42(40)51)44-32-35(2)26-29-46(44)53(45)37-27-30-50-48(33-37)52(36-15-5-3-6-16-36)47-23-13-14-24-49(47)54(50,55)38-17-7-4-8-18-38/h3-33H,1-2H3. The maximum atomic E-state index is 7.00. The summed E-state index contributed by atoms with van der Waals surface area (Å²) in [6, 6.07) is 67.2. The lowest BCUT2D eigenvalue weighted by molar-refractivity contribution is 0.750. The van der Waals surface area contributed by atoms with Gasteiger partial charge in [0.25, 0.3) is 0 Å². The van der Waals surface area contributed by atoms with Crippen molar-refractivity contribution in [3.05, 3.63) is 221 Å². The SMILES string of the molecule is Cc1ccc2c(c1)C1(c3ccccc3-c3ccccc31)c1cc(C)ccc1N2c1ccc2c(c1)N(c1ccccc1)c1ccccc1P2(=S)c1ccccc1. The molecule has 1 atom stereocenters. The van der Waals surface area contributed by atoms with Crippen LogP contribution in [0.15, 0.2) is 188 Å². The summed E-state index contributed by atoms with van der Waals surface area (Å²) in [5, 5.41) is 3.64. The van der Waals surface area contributed by atoms with Gasteiger partial charge in [-0.1, -0.05) is 162 Å². The lowest BCUT2D eigenvalue weighted by atomic mass is 9.64. The molecule has 55 heavy (non-hydrogen) atoms. The van der Waals surface area contributed by atoms with Gasteiger partial charge in [-0.3, -0.25) is 0 Å². The summed E-state index contributed by atoms with van der Waals surface area (Å²) < 4.78 is 0. The number of hydrogen-bond acceptors (Lipinski definition) is 3. The fourth-order valence-electron chi connectivity index (χ4n) is 9.71. The summed E-state index contributed by atoms with van der Waals surface area (Å²) in [6.07, 6.45) is 0. The zero-order chi connectivity index (χ0) is 36.9. The van der Waals surface area contributed by atoms with Gasteiger partial charge in [0, 0.05) is 28.0 Å². The van der Waals surface area contributed by atoms with E-state index in [4.69, 9.17) is 11.8 Å². The van der Waals surface area contributed by atoms with Crippen molar-refractivity contribution in [3.63, 3.8) is 0 Å². The van der Waals surface area contributed by atoms with Crippen LogP contribution in [0.5, 0.6) is 0 Å². The summed E-state index contributed by atoms with van der Waals surface area (Å²) in [5.74, 6) is 0. The van der Waals surface area contributed by atoms with Crippen LogP contribution in [-0.4, -0.2) is 0 Å². The second-order valence-corrected chi connectivity index (χ2v) is 19.3. The smallest absolute Gasteiger partial charge is 0.0754 e. The third-order valence-electron chi connectivity index (χ3n) is 11.9. The fraction of sp³-hybridized carbons (Fsp3) is 0.0588. The third-order valence-corrected chi connectivity index (χ3v) is 16.9. The number of nitrogens with zero attached hydrogens (tertiary/aromatic N) is 2. The number of rotatable bonds is 3. The molecule has 8 aromatic carbocycles. The van der Waals surface area contributed by atoms with E-state index < -0.39 is 11.5 Å². The molecule has 0 saturated heterocycles. The predicted molar refractivity (Wildman–Crippen MR) is 236 cm³/mol. The molecule has 0 amide bonds. The van der Waals surface area contributed by atoms with Crippen LogP contribution in [0.4, 0.5) is 34.1 Å². The summed E-state index contributed by atoms with van der Waals surface area (Å²) in [5.41, 5.74) is 16.8. The molecule has 1 spiro atoms. The highest BCUT2D eigenvalue weighted by Gasteiger charge is 2.52. The van der Waals surface area contributed by atoms with Gasteiger partial charge in [-0.05, 0) is 101 Å². The number of para-hydroxylation sites is 2. The number of aryl methyl sites for hydroxylation is 2. The lowest BCUT2D eigenvalue weighted by Crippen LogP contribution is -2.38. The molecule has 2 aliphatic heterocycles. The van der Waals surface area contributed by atoms with E-state index in [2.05, 4.69) is 212 Å². The largest absolute Gasteiger partial charge is 0.310 e. The van der Waals surface area contributed by atoms with Crippen LogP contribution < -0.4 is 25.7 Å². The summed E-state index contributed by atoms with van der Waals surface area (Å²) in [4.78, 5) is 4.94. The van der Waals surface area contributed by atoms with E-state index in [9.17, 15) is 0 Å². The highest BCUT2D eigenvalue weighted by Crippen LogP contribution is 2.64. The van der Waals surface area contributed by atoms with Crippen molar-refractivity contribution in [2.75, 3.05) is 9.80 Å². The maximum absolute atomic E-state index is 7.00. The third kappa shape index (κ3) is 4.40. The van der Waals surface area contributed by atoms with Crippen molar-refractivity contribution in [2.45, 2.75) is 19.3 Å². The summed E-state index contributed by atoms with van der Waals surface area (Å²) in [7, 11) is 0. The van der Waals surface area contributed by atoms with Crippen molar-refractivity contribution in [1.82, 2.24) is 0 Å². The van der Waals surface area contributed by atoms with Gasteiger partial charge in [0.1, 0.15) is 0 Å². The van der Waals surface area contributed by atoms with Crippen LogP contribution in [0.3, 0.4) is 0 Å². The van der Waals surface area contributed by atoms with Gasteiger partial charge >= 0.3 is 0 Å². The predicted octanol–water partition coefficient (Wildman–Crippen LogP) is 12.0. The first kappa shape index (κ1) is 32.4. The maximum Gasteiger partial charge on any atom is 0.0754 e. The monoisotopic (exact) mass is 740 g/mol. The molecule has 0 radical (unpaired) electrons. The van der Waals surface area contributed by atoms with E-state index >= 15 is 0 Å². The zero-order valence-electron chi connectivity index (χ0n) is 30.6. The topological polar surface area (TPSA) is 6.48 Å². The van der Waals surface area contributed by atoms with Crippen LogP contribution in [0.1, 0.15) is 33.4 Å². The van der Waals surface area contributed by atoms with E-state index in [0.717, 1.165) is 22.7 Å². The molecule has 2 heterocycles. The van der Waals surface area contributed by atoms with Crippen LogP contribution in [0, 0.1) is 13.8 Å². The average Bonchev–Trinajstić information content (AvgIpc) is 3.53. The molecule has 262 valence electrons. The van der Waals surface area contributed by atoms with Crippen LogP contribution >= 0.6 is 6.04 Å². The Morgan fingerprint density at radius 2 is 0.909 bits per heavy atom. The number of anilines is 6. The van der Waals surface area contributed by atoms with Gasteiger partial charge in [0.05, 0.1) is 28.2 Å². The van der Waals surface area contributed by atoms with Crippen molar-refractivity contribution < 1.29 is 0 Å². The number of fused-ring (bicyclic) bond motifs is 11.